The molecule has 0 amide bonds. The fourth-order valence-corrected chi connectivity index (χ4v) is 4.06. The lowest BCUT2D eigenvalue weighted by molar-refractivity contribution is 0.689. The Balaban J connectivity index is 1.65. The summed E-state index contributed by atoms with van der Waals surface area (Å²) in [5, 5.41) is 0. The van der Waals surface area contributed by atoms with Crippen molar-refractivity contribution < 1.29 is 0 Å². The van der Waals surface area contributed by atoms with E-state index in [1.807, 2.05) is 0 Å². The van der Waals surface area contributed by atoms with Crippen molar-refractivity contribution in [2.24, 2.45) is 0 Å². The number of rotatable bonds is 9. The Labute approximate surface area is 185 Å². The smallest absolute Gasteiger partial charge is 0.151 e. The molecular weight excluding hydrogens is 380 g/mol. The number of hydrogen-bond donors (Lipinski definition) is 1. The van der Waals surface area contributed by atoms with E-state index in [0.29, 0.717) is 5.82 Å². The van der Waals surface area contributed by atoms with Gasteiger partial charge in [-0.1, -0.05) is 74.9 Å². The Hall–Kier alpha value is -3.14. The van der Waals surface area contributed by atoms with Crippen LogP contribution >= 0.6 is 0 Å². The minimum Gasteiger partial charge on any atom is -0.382 e. The SMILES string of the molecule is CCCCc1nc2c(N)nc(CCc3ccc(CC)cc3)cc2n1Cc1ccccc1. The fraction of sp³-hybridized carbons (Fsp3) is 0.333. The molecule has 0 aliphatic rings. The van der Waals surface area contributed by atoms with Gasteiger partial charge in [0.05, 0.1) is 5.52 Å². The van der Waals surface area contributed by atoms with Crippen LogP contribution in [0.4, 0.5) is 5.82 Å². The van der Waals surface area contributed by atoms with E-state index >= 15 is 0 Å². The van der Waals surface area contributed by atoms with E-state index in [9.17, 15) is 0 Å². The number of benzene rings is 2. The van der Waals surface area contributed by atoms with Gasteiger partial charge in [-0.05, 0) is 48.4 Å². The number of nitrogens with zero attached hydrogens (tertiary/aromatic N) is 3. The summed E-state index contributed by atoms with van der Waals surface area (Å²) in [6, 6.07) is 21.6. The predicted molar refractivity (Wildman–Crippen MR) is 129 cm³/mol. The van der Waals surface area contributed by atoms with Gasteiger partial charge in [0.25, 0.3) is 0 Å². The number of unbranched alkanes of at least 4 members (excludes halogenated alkanes) is 1. The highest BCUT2D eigenvalue weighted by Gasteiger charge is 2.15. The van der Waals surface area contributed by atoms with E-state index in [2.05, 4.69) is 79.1 Å². The summed E-state index contributed by atoms with van der Waals surface area (Å²) in [7, 11) is 0. The quantitative estimate of drug-likeness (QED) is 0.381. The van der Waals surface area contributed by atoms with Crippen molar-refractivity contribution in [3.05, 3.63) is 88.9 Å². The molecule has 4 rings (SSSR count). The van der Waals surface area contributed by atoms with Crippen LogP contribution < -0.4 is 5.73 Å². The summed E-state index contributed by atoms with van der Waals surface area (Å²) in [5.74, 6) is 1.64. The molecule has 2 aromatic carbocycles. The van der Waals surface area contributed by atoms with Gasteiger partial charge in [0, 0.05) is 18.7 Å². The van der Waals surface area contributed by atoms with Gasteiger partial charge >= 0.3 is 0 Å². The second kappa shape index (κ2) is 9.78. The molecule has 2 aromatic heterocycles. The third-order valence-corrected chi connectivity index (χ3v) is 5.93. The first-order valence-electron chi connectivity index (χ1n) is 11.4. The van der Waals surface area contributed by atoms with Gasteiger partial charge < -0.3 is 10.3 Å². The molecule has 0 saturated carbocycles. The van der Waals surface area contributed by atoms with E-state index in [-0.39, 0.29) is 0 Å². The van der Waals surface area contributed by atoms with Crippen molar-refractivity contribution in [1.82, 2.24) is 14.5 Å². The molecule has 0 fully saturated rings. The van der Waals surface area contributed by atoms with Crippen LogP contribution in [-0.4, -0.2) is 14.5 Å². The molecule has 31 heavy (non-hydrogen) atoms. The number of fused-ring (bicyclic) bond motifs is 1. The molecular formula is C27H32N4. The van der Waals surface area contributed by atoms with Gasteiger partial charge in [-0.15, -0.1) is 0 Å². The molecule has 0 bridgehead atoms. The highest BCUT2D eigenvalue weighted by molar-refractivity contribution is 5.86. The Kier molecular flexibility index (Phi) is 6.66. The first-order valence-corrected chi connectivity index (χ1v) is 11.4. The highest BCUT2D eigenvalue weighted by Crippen LogP contribution is 2.25. The van der Waals surface area contributed by atoms with E-state index in [4.69, 9.17) is 15.7 Å². The van der Waals surface area contributed by atoms with Crippen LogP contribution in [0.25, 0.3) is 11.0 Å². The highest BCUT2D eigenvalue weighted by atomic mass is 15.1. The van der Waals surface area contributed by atoms with Crippen LogP contribution in [0.3, 0.4) is 0 Å². The van der Waals surface area contributed by atoms with E-state index in [1.54, 1.807) is 0 Å². The van der Waals surface area contributed by atoms with Crippen LogP contribution in [0, 0.1) is 0 Å². The first-order chi connectivity index (χ1) is 15.2. The number of nitrogens with two attached hydrogens (primary N) is 1. The Morgan fingerprint density at radius 1 is 0.806 bits per heavy atom. The number of hydrogen-bond acceptors (Lipinski definition) is 3. The summed E-state index contributed by atoms with van der Waals surface area (Å²) in [4.78, 5) is 9.59. The van der Waals surface area contributed by atoms with Crippen molar-refractivity contribution in [3.8, 4) is 0 Å². The molecule has 4 heteroatoms. The molecule has 4 nitrogen and oxygen atoms in total. The molecule has 2 heterocycles. The number of anilines is 1. The van der Waals surface area contributed by atoms with E-state index in [1.165, 1.54) is 16.7 Å². The van der Waals surface area contributed by atoms with Crippen LogP contribution in [0.5, 0.6) is 0 Å². The average molecular weight is 413 g/mol. The van der Waals surface area contributed by atoms with Crippen molar-refractivity contribution >= 4 is 16.9 Å². The van der Waals surface area contributed by atoms with Gasteiger partial charge in [-0.3, -0.25) is 0 Å². The zero-order chi connectivity index (χ0) is 21.6. The Bertz CT molecular complexity index is 1130. The van der Waals surface area contributed by atoms with Crippen molar-refractivity contribution in [2.45, 2.75) is 58.9 Å². The predicted octanol–water partition coefficient (Wildman–Crippen LogP) is 5.75. The molecule has 0 atom stereocenters. The second-order valence-electron chi connectivity index (χ2n) is 8.24. The van der Waals surface area contributed by atoms with Gasteiger partial charge in [0.15, 0.2) is 5.82 Å². The Morgan fingerprint density at radius 2 is 1.55 bits per heavy atom. The molecule has 2 N–H and O–H groups in total. The number of aryl methyl sites for hydroxylation is 4. The summed E-state index contributed by atoms with van der Waals surface area (Å²) < 4.78 is 2.33. The van der Waals surface area contributed by atoms with Crippen LogP contribution in [0.1, 0.15) is 54.9 Å². The third-order valence-electron chi connectivity index (χ3n) is 5.93. The first kappa shape index (κ1) is 21.1. The largest absolute Gasteiger partial charge is 0.382 e. The topological polar surface area (TPSA) is 56.7 Å². The lowest BCUT2D eigenvalue weighted by Crippen LogP contribution is -2.06. The van der Waals surface area contributed by atoms with Crippen LogP contribution in [0.2, 0.25) is 0 Å². The lowest BCUT2D eigenvalue weighted by Gasteiger charge is -2.10. The van der Waals surface area contributed by atoms with Crippen molar-refractivity contribution in [2.75, 3.05) is 5.73 Å². The third kappa shape index (κ3) is 4.96. The maximum absolute atomic E-state index is 6.38. The minimum atomic E-state index is 0.540. The minimum absolute atomic E-state index is 0.540. The molecule has 0 aliphatic heterocycles. The number of nitrogen functional groups attached to an aromatic ring is 1. The van der Waals surface area contributed by atoms with Crippen molar-refractivity contribution in [1.29, 1.82) is 0 Å². The molecule has 0 aliphatic carbocycles. The Morgan fingerprint density at radius 3 is 2.26 bits per heavy atom. The van der Waals surface area contributed by atoms with Gasteiger partial charge in [-0.25, -0.2) is 9.97 Å². The zero-order valence-electron chi connectivity index (χ0n) is 18.6. The van der Waals surface area contributed by atoms with Gasteiger partial charge in [-0.2, -0.15) is 0 Å². The molecule has 0 unspecified atom stereocenters. The zero-order valence-corrected chi connectivity index (χ0v) is 18.6. The second-order valence-corrected chi connectivity index (χ2v) is 8.24. The summed E-state index contributed by atoms with van der Waals surface area (Å²) >= 11 is 0. The summed E-state index contributed by atoms with van der Waals surface area (Å²) in [6.07, 6.45) is 6.11. The standard InChI is InChI=1S/C27H32N4/c1-3-5-11-25-30-26-24(31(25)19-22-9-7-6-8-10-22)18-23(29-27(26)28)17-16-21-14-12-20(4-2)13-15-21/h6-10,12-15,18H,3-5,11,16-17,19H2,1-2H3,(H2,28,29). The maximum Gasteiger partial charge on any atom is 0.151 e. The number of pyridine rings is 1. The maximum atomic E-state index is 6.38. The van der Waals surface area contributed by atoms with Crippen LogP contribution in [-0.2, 0) is 32.2 Å². The normalized spacial score (nSPS) is 11.3. The molecule has 0 spiro atoms. The van der Waals surface area contributed by atoms with Gasteiger partial charge in [0.1, 0.15) is 11.3 Å². The molecule has 0 radical (unpaired) electrons. The van der Waals surface area contributed by atoms with E-state index in [0.717, 1.165) is 67.6 Å². The van der Waals surface area contributed by atoms with Gasteiger partial charge in [0.2, 0.25) is 0 Å². The van der Waals surface area contributed by atoms with Crippen LogP contribution in [0.15, 0.2) is 60.7 Å². The average Bonchev–Trinajstić information content (AvgIpc) is 3.15. The lowest BCUT2D eigenvalue weighted by atomic mass is 10.0. The fourth-order valence-electron chi connectivity index (χ4n) is 4.06. The summed E-state index contributed by atoms with van der Waals surface area (Å²) in [5.41, 5.74) is 13.3. The summed E-state index contributed by atoms with van der Waals surface area (Å²) in [6.45, 7) is 5.20. The van der Waals surface area contributed by atoms with E-state index < -0.39 is 0 Å². The molecule has 160 valence electrons. The number of aromatic nitrogens is 3. The monoisotopic (exact) mass is 412 g/mol. The molecule has 4 aromatic rings. The van der Waals surface area contributed by atoms with Crippen molar-refractivity contribution in [3.63, 3.8) is 0 Å². The number of imidazole rings is 1. The molecule has 0 saturated heterocycles.